The Morgan fingerprint density at radius 1 is 0.952 bits per heavy atom. The summed E-state index contributed by atoms with van der Waals surface area (Å²) in [5.74, 6) is -0.855. The van der Waals surface area contributed by atoms with Gasteiger partial charge in [0.2, 0.25) is 0 Å². The number of amides is 1. The van der Waals surface area contributed by atoms with E-state index in [1.54, 1.807) is 12.1 Å². The van der Waals surface area contributed by atoms with Crippen molar-refractivity contribution in [2.45, 2.75) is 31.5 Å². The van der Waals surface area contributed by atoms with Gasteiger partial charge in [0.15, 0.2) is 0 Å². The number of likely N-dealkylation sites (tertiary alicyclic amines) is 1. The van der Waals surface area contributed by atoms with Gasteiger partial charge in [-0.15, -0.1) is 0 Å². The van der Waals surface area contributed by atoms with Gasteiger partial charge in [-0.2, -0.15) is 13.2 Å². The highest BCUT2D eigenvalue weighted by atomic mass is 35.5. The highest BCUT2D eigenvalue weighted by Gasteiger charge is 2.34. The quantitative estimate of drug-likeness (QED) is 0.131. The third kappa shape index (κ3) is 7.07. The first kappa shape index (κ1) is 30.3. The molecule has 0 spiro atoms. The van der Waals surface area contributed by atoms with Crippen molar-refractivity contribution in [2.75, 3.05) is 18.4 Å². The van der Waals surface area contributed by atoms with Gasteiger partial charge in [0, 0.05) is 51.5 Å². The molecule has 0 saturated carbocycles. The molecule has 1 aliphatic rings. The summed E-state index contributed by atoms with van der Waals surface area (Å²) in [6.45, 7) is 0.675. The third-order valence-corrected chi connectivity index (χ3v) is 8.25. The topological polar surface area (TPSA) is 65.0 Å². The molecule has 4 aromatic rings. The van der Waals surface area contributed by atoms with Gasteiger partial charge in [-0.1, -0.05) is 65.1 Å². The smallest absolute Gasteiger partial charge is 0.416 e. The maximum Gasteiger partial charge on any atom is 0.416 e. The Bertz CT molecular complexity index is 1610. The number of anilines is 1. The maximum atomic E-state index is 13.7. The number of halogens is 6. The molecule has 1 amide bonds. The van der Waals surface area contributed by atoms with Crippen LogP contribution in [0.3, 0.4) is 0 Å². The van der Waals surface area contributed by atoms with Crippen LogP contribution >= 0.6 is 34.8 Å². The average Bonchev–Trinajstić information content (AvgIpc) is 2.94. The van der Waals surface area contributed by atoms with E-state index in [0.29, 0.717) is 28.5 Å². The van der Waals surface area contributed by atoms with Crippen LogP contribution in [0.15, 0.2) is 79.0 Å². The minimum absolute atomic E-state index is 0.121. The summed E-state index contributed by atoms with van der Waals surface area (Å²) in [6, 6.07) is 19.0. The maximum absolute atomic E-state index is 13.7. The summed E-state index contributed by atoms with van der Waals surface area (Å²) in [7, 11) is 0. The number of rotatable bonds is 6. The van der Waals surface area contributed by atoms with Gasteiger partial charge in [-0.3, -0.25) is 4.79 Å². The molecular weight excluding hydrogens is 610 g/mol. The van der Waals surface area contributed by atoms with E-state index >= 15 is 0 Å². The number of pyridine rings is 1. The fourth-order valence-corrected chi connectivity index (χ4v) is 5.97. The molecule has 0 aliphatic carbocycles. The lowest BCUT2D eigenvalue weighted by Crippen LogP contribution is -2.47. The zero-order valence-corrected chi connectivity index (χ0v) is 24.4. The molecule has 0 unspecified atom stereocenters. The molecule has 11 heteroatoms. The van der Waals surface area contributed by atoms with Crippen LogP contribution in [0.25, 0.3) is 11.1 Å². The van der Waals surface area contributed by atoms with Crippen molar-refractivity contribution in [1.82, 2.24) is 4.98 Å². The Hall–Kier alpha value is -3.14. The van der Waals surface area contributed by atoms with Crippen LogP contribution in [0.5, 0.6) is 0 Å². The lowest BCUT2D eigenvalue weighted by molar-refractivity contribution is -0.899. The predicted molar refractivity (Wildman–Crippen MR) is 160 cm³/mol. The first-order valence-corrected chi connectivity index (χ1v) is 14.3. The lowest BCUT2D eigenvalue weighted by Gasteiger charge is -2.47. The van der Waals surface area contributed by atoms with E-state index in [1.807, 2.05) is 30.3 Å². The molecule has 0 radical (unpaired) electrons. The minimum atomic E-state index is -4.55. The summed E-state index contributed by atoms with van der Waals surface area (Å²) >= 11 is 18.2. The summed E-state index contributed by atoms with van der Waals surface area (Å²) in [4.78, 5) is 16.7. The monoisotopic (exact) mass is 633 g/mol. The van der Waals surface area contributed by atoms with Gasteiger partial charge < -0.3 is 15.2 Å². The molecule has 0 atom stereocenters. The van der Waals surface area contributed by atoms with Gasteiger partial charge in [-0.25, -0.2) is 4.98 Å². The molecule has 218 valence electrons. The largest absolute Gasteiger partial charge is 0.633 e. The summed E-state index contributed by atoms with van der Waals surface area (Å²) in [6.07, 6.45) is -2.44. The van der Waals surface area contributed by atoms with Crippen molar-refractivity contribution in [3.63, 3.8) is 0 Å². The number of hydrogen-bond donors (Lipinski definition) is 1. The van der Waals surface area contributed by atoms with Crippen molar-refractivity contribution >= 4 is 46.4 Å². The fraction of sp³-hybridized carbons (Fsp3) is 0.226. The van der Waals surface area contributed by atoms with Crippen molar-refractivity contribution in [3.8, 4) is 11.1 Å². The zero-order valence-electron chi connectivity index (χ0n) is 22.1. The molecule has 0 bridgehead atoms. The van der Waals surface area contributed by atoms with Crippen molar-refractivity contribution < 1.29 is 22.6 Å². The molecule has 1 fully saturated rings. The number of carbonyl (C=O) groups is 1. The molecule has 2 heterocycles. The van der Waals surface area contributed by atoms with Gasteiger partial charge in [0.1, 0.15) is 11.7 Å². The molecular formula is C31H25Cl3F3N3O2. The third-order valence-electron chi connectivity index (χ3n) is 7.49. The molecule has 1 N–H and O–H groups in total. The Morgan fingerprint density at radius 3 is 2.31 bits per heavy atom. The first-order chi connectivity index (χ1) is 19.9. The molecule has 1 saturated heterocycles. The summed E-state index contributed by atoms with van der Waals surface area (Å²) < 4.78 is 40.3. The number of nitrogens with one attached hydrogen (secondary N) is 1. The Balaban J connectivity index is 1.31. The second-order valence-corrected chi connectivity index (χ2v) is 11.6. The molecule has 1 aliphatic heterocycles. The fourth-order valence-electron chi connectivity index (χ4n) is 5.28. The Labute approximate surface area is 256 Å². The summed E-state index contributed by atoms with van der Waals surface area (Å²) in [5, 5.41) is 17.6. The van der Waals surface area contributed by atoms with Crippen molar-refractivity contribution in [3.05, 3.63) is 122 Å². The van der Waals surface area contributed by atoms with E-state index in [9.17, 15) is 23.2 Å². The van der Waals surface area contributed by atoms with Crippen LogP contribution in [-0.2, 0) is 12.7 Å². The van der Waals surface area contributed by atoms with E-state index in [4.69, 9.17) is 34.8 Å². The second kappa shape index (κ2) is 12.2. The molecule has 42 heavy (non-hydrogen) atoms. The molecule has 5 nitrogen and oxygen atoms in total. The highest BCUT2D eigenvalue weighted by molar-refractivity contribution is 6.36. The van der Waals surface area contributed by atoms with Crippen LogP contribution in [0.2, 0.25) is 15.2 Å². The second-order valence-electron chi connectivity index (χ2n) is 10.4. The van der Waals surface area contributed by atoms with Gasteiger partial charge in [0.25, 0.3) is 5.91 Å². The zero-order chi connectivity index (χ0) is 30.1. The van der Waals surface area contributed by atoms with E-state index in [-0.39, 0.29) is 42.0 Å². The Kier molecular flexibility index (Phi) is 8.83. The van der Waals surface area contributed by atoms with E-state index in [0.717, 1.165) is 28.8 Å². The number of quaternary nitrogens is 1. The number of hydrogen-bond acceptors (Lipinski definition) is 3. The van der Waals surface area contributed by atoms with Gasteiger partial charge in [-0.05, 0) is 59.5 Å². The van der Waals surface area contributed by atoms with Crippen LogP contribution in [-0.4, -0.2) is 28.6 Å². The molecule has 1 aromatic heterocycles. The van der Waals surface area contributed by atoms with Crippen LogP contribution in [0.1, 0.15) is 45.8 Å². The highest BCUT2D eigenvalue weighted by Crippen LogP contribution is 2.40. The standard InChI is InChI=1S/C31H25Cl3F3N3O2/c32-24-6-7-25(27(33)17-24)20-3-1-19(2-4-20)18-40(42)13-10-21(11-14-40)26-16-23(31(35,36)37)5-8-28(26)39-30(41)22-9-12-38-29(34)15-22/h1-9,12,15-17,21H,10-11,13-14,18H2,(H,39,41). The van der Waals surface area contributed by atoms with Crippen molar-refractivity contribution in [1.29, 1.82) is 0 Å². The van der Waals surface area contributed by atoms with E-state index in [1.165, 1.54) is 24.4 Å². The SMILES string of the molecule is O=C(Nc1ccc(C(F)(F)F)cc1C1CC[N+]([O-])(Cc2ccc(-c3ccc(Cl)cc3Cl)cc2)CC1)c1ccnc(Cl)c1. The van der Waals surface area contributed by atoms with Crippen LogP contribution in [0.4, 0.5) is 18.9 Å². The van der Waals surface area contributed by atoms with Crippen LogP contribution in [0, 0.1) is 5.21 Å². The average molecular weight is 635 g/mol. The van der Waals surface area contributed by atoms with E-state index in [2.05, 4.69) is 10.3 Å². The summed E-state index contributed by atoms with van der Waals surface area (Å²) in [5.41, 5.74) is 2.61. The number of aromatic nitrogens is 1. The molecule has 5 rings (SSSR count). The first-order valence-electron chi connectivity index (χ1n) is 13.2. The molecule has 3 aromatic carbocycles. The number of carbonyl (C=O) groups excluding carboxylic acids is 1. The predicted octanol–water partition coefficient (Wildman–Crippen LogP) is 9.37. The number of alkyl halides is 3. The van der Waals surface area contributed by atoms with Gasteiger partial charge in [0.05, 0.1) is 18.7 Å². The number of benzene rings is 3. The number of hydroxylamine groups is 3. The lowest BCUT2D eigenvalue weighted by atomic mass is 9.86. The van der Waals surface area contributed by atoms with Gasteiger partial charge >= 0.3 is 6.18 Å². The number of piperidine rings is 1. The number of nitrogens with zero attached hydrogens (tertiary/aromatic N) is 2. The normalized spacial score (nSPS) is 19.0. The van der Waals surface area contributed by atoms with Crippen LogP contribution < -0.4 is 5.32 Å². The van der Waals surface area contributed by atoms with Crippen molar-refractivity contribution in [2.24, 2.45) is 0 Å². The minimum Gasteiger partial charge on any atom is -0.633 e. The van der Waals surface area contributed by atoms with E-state index < -0.39 is 22.3 Å². The Morgan fingerprint density at radius 2 is 1.67 bits per heavy atom.